The summed E-state index contributed by atoms with van der Waals surface area (Å²) in [4.78, 5) is 12.3. The Morgan fingerprint density at radius 2 is 1.60 bits per heavy atom. The summed E-state index contributed by atoms with van der Waals surface area (Å²) in [6, 6.07) is 4.61. The van der Waals surface area contributed by atoms with E-state index in [9.17, 15) is 18.0 Å². The molecule has 7 heteroatoms. The maximum Gasteiger partial charge on any atom is 0.418 e. The van der Waals surface area contributed by atoms with E-state index in [1.165, 1.54) is 12.1 Å². The second kappa shape index (κ2) is 5.32. The van der Waals surface area contributed by atoms with Crippen molar-refractivity contribution in [3.05, 3.63) is 29.8 Å². The van der Waals surface area contributed by atoms with Crippen molar-refractivity contribution in [1.82, 2.24) is 0 Å². The Hall–Kier alpha value is -1.76. The second-order valence-electron chi connectivity index (χ2n) is 5.32. The van der Waals surface area contributed by atoms with Gasteiger partial charge in [0.25, 0.3) is 0 Å². The molecule has 0 aliphatic heterocycles. The lowest BCUT2D eigenvalue weighted by Crippen LogP contribution is -2.45. The molecule has 1 aromatic carbocycles. The SMILES string of the molecule is CC(C)(C)N(C(=O)O)c1ccc([C@@H](O)C(F)(F)F)cc1. The molecule has 0 aliphatic carbocycles. The number of hydrogen-bond acceptors (Lipinski definition) is 2. The highest BCUT2D eigenvalue weighted by Gasteiger charge is 2.39. The minimum atomic E-state index is -4.75. The molecule has 0 radical (unpaired) electrons. The number of anilines is 1. The standard InChI is InChI=1S/C13H16F3NO3/c1-12(2,3)17(11(19)20)9-6-4-8(5-7-9)10(18)13(14,15)16/h4-7,10,18H,1-3H3,(H,19,20)/t10-/m1/s1. The summed E-state index contributed by atoms with van der Waals surface area (Å²) in [7, 11) is 0. The van der Waals surface area contributed by atoms with E-state index in [0.717, 1.165) is 17.0 Å². The molecule has 0 unspecified atom stereocenters. The van der Waals surface area contributed by atoms with Crippen LogP contribution in [0.1, 0.15) is 32.4 Å². The Bertz CT molecular complexity index is 477. The van der Waals surface area contributed by atoms with Crippen LogP contribution >= 0.6 is 0 Å². The second-order valence-corrected chi connectivity index (χ2v) is 5.32. The van der Waals surface area contributed by atoms with Crippen LogP contribution in [-0.4, -0.2) is 28.0 Å². The third-order valence-corrected chi connectivity index (χ3v) is 2.64. The molecule has 4 nitrogen and oxygen atoms in total. The van der Waals surface area contributed by atoms with Gasteiger partial charge in [0.1, 0.15) is 0 Å². The van der Waals surface area contributed by atoms with Crippen LogP contribution < -0.4 is 4.90 Å². The summed E-state index contributed by atoms with van der Waals surface area (Å²) >= 11 is 0. The molecular formula is C13H16F3NO3. The number of amides is 1. The number of alkyl halides is 3. The number of carbonyl (C=O) groups is 1. The minimum absolute atomic E-state index is 0.239. The number of hydrogen-bond donors (Lipinski definition) is 2. The molecule has 0 spiro atoms. The average molecular weight is 291 g/mol. The molecular weight excluding hydrogens is 275 g/mol. The van der Waals surface area contributed by atoms with E-state index in [4.69, 9.17) is 10.2 Å². The summed E-state index contributed by atoms with van der Waals surface area (Å²) < 4.78 is 37.1. The largest absolute Gasteiger partial charge is 0.465 e. The Balaban J connectivity index is 3.10. The topological polar surface area (TPSA) is 60.8 Å². The number of carboxylic acid groups (broad SMARTS) is 1. The molecule has 1 atom stereocenters. The fraction of sp³-hybridized carbons (Fsp3) is 0.462. The van der Waals surface area contributed by atoms with Crippen molar-refractivity contribution < 1.29 is 28.2 Å². The number of rotatable bonds is 2. The van der Waals surface area contributed by atoms with Gasteiger partial charge in [-0.2, -0.15) is 13.2 Å². The lowest BCUT2D eigenvalue weighted by molar-refractivity contribution is -0.206. The third kappa shape index (κ3) is 3.63. The molecule has 0 heterocycles. The van der Waals surface area contributed by atoms with Gasteiger partial charge in [0.15, 0.2) is 6.10 Å². The molecule has 0 bridgehead atoms. The molecule has 0 saturated carbocycles. The van der Waals surface area contributed by atoms with Crippen LogP contribution in [0.15, 0.2) is 24.3 Å². The van der Waals surface area contributed by atoms with Crippen molar-refractivity contribution >= 4 is 11.8 Å². The zero-order valence-corrected chi connectivity index (χ0v) is 11.3. The van der Waals surface area contributed by atoms with Crippen LogP contribution in [0, 0.1) is 0 Å². The van der Waals surface area contributed by atoms with Crippen LogP contribution in [0.25, 0.3) is 0 Å². The van der Waals surface area contributed by atoms with Gasteiger partial charge in [-0.05, 0) is 38.5 Å². The molecule has 0 saturated heterocycles. The number of nitrogens with zero attached hydrogens (tertiary/aromatic N) is 1. The fourth-order valence-corrected chi connectivity index (χ4v) is 1.78. The van der Waals surface area contributed by atoms with E-state index in [1.54, 1.807) is 20.8 Å². The van der Waals surface area contributed by atoms with E-state index < -0.39 is 23.9 Å². The number of aliphatic hydroxyl groups excluding tert-OH is 1. The maximum atomic E-state index is 12.4. The molecule has 1 rings (SSSR count). The average Bonchev–Trinajstić information content (AvgIpc) is 2.25. The molecule has 20 heavy (non-hydrogen) atoms. The summed E-state index contributed by atoms with van der Waals surface area (Å²) in [6.45, 7) is 5.00. The predicted molar refractivity (Wildman–Crippen MR) is 67.7 cm³/mol. The van der Waals surface area contributed by atoms with Crippen LogP contribution in [-0.2, 0) is 0 Å². The van der Waals surface area contributed by atoms with Crippen LogP contribution in [0.2, 0.25) is 0 Å². The Morgan fingerprint density at radius 3 is 1.90 bits per heavy atom. The Labute approximate surface area is 114 Å². The lowest BCUT2D eigenvalue weighted by Gasteiger charge is -2.33. The van der Waals surface area contributed by atoms with Crippen molar-refractivity contribution in [2.24, 2.45) is 0 Å². The van der Waals surface area contributed by atoms with E-state index in [-0.39, 0.29) is 11.3 Å². The van der Waals surface area contributed by atoms with Crippen LogP contribution in [0.5, 0.6) is 0 Å². The Kier molecular flexibility index (Phi) is 4.33. The quantitative estimate of drug-likeness (QED) is 0.875. The van der Waals surface area contributed by atoms with Gasteiger partial charge in [0, 0.05) is 11.2 Å². The van der Waals surface area contributed by atoms with Crippen LogP contribution in [0.4, 0.5) is 23.7 Å². The number of halogens is 3. The first-order chi connectivity index (χ1) is 8.94. The molecule has 112 valence electrons. The summed E-state index contributed by atoms with van der Waals surface area (Å²) in [5.41, 5.74) is -0.834. The summed E-state index contributed by atoms with van der Waals surface area (Å²) in [6.07, 6.45) is -8.54. The molecule has 0 aromatic heterocycles. The first kappa shape index (κ1) is 16.3. The predicted octanol–water partition coefficient (Wildman–Crippen LogP) is 3.57. The van der Waals surface area contributed by atoms with Crippen molar-refractivity contribution in [2.75, 3.05) is 4.90 Å². The van der Waals surface area contributed by atoms with E-state index in [0.29, 0.717) is 0 Å². The minimum Gasteiger partial charge on any atom is -0.465 e. The van der Waals surface area contributed by atoms with Crippen molar-refractivity contribution in [3.63, 3.8) is 0 Å². The third-order valence-electron chi connectivity index (χ3n) is 2.64. The zero-order valence-electron chi connectivity index (χ0n) is 11.3. The highest BCUT2D eigenvalue weighted by Crippen LogP contribution is 2.33. The van der Waals surface area contributed by atoms with Gasteiger partial charge in [-0.3, -0.25) is 4.90 Å². The maximum absolute atomic E-state index is 12.4. The van der Waals surface area contributed by atoms with Gasteiger partial charge in [0.05, 0.1) is 0 Å². The van der Waals surface area contributed by atoms with Crippen LogP contribution in [0.3, 0.4) is 0 Å². The van der Waals surface area contributed by atoms with Gasteiger partial charge < -0.3 is 10.2 Å². The highest BCUT2D eigenvalue weighted by molar-refractivity contribution is 5.87. The lowest BCUT2D eigenvalue weighted by atomic mass is 10.0. The molecule has 0 fully saturated rings. The molecule has 0 aliphatic rings. The van der Waals surface area contributed by atoms with E-state index >= 15 is 0 Å². The van der Waals surface area contributed by atoms with Gasteiger partial charge in [-0.15, -0.1) is 0 Å². The van der Waals surface area contributed by atoms with Crippen molar-refractivity contribution in [1.29, 1.82) is 0 Å². The monoisotopic (exact) mass is 291 g/mol. The highest BCUT2D eigenvalue weighted by atomic mass is 19.4. The van der Waals surface area contributed by atoms with Gasteiger partial charge in [-0.1, -0.05) is 12.1 Å². The number of aliphatic hydroxyl groups is 1. The smallest absolute Gasteiger partial charge is 0.418 e. The zero-order chi connectivity index (χ0) is 15.7. The van der Waals surface area contributed by atoms with Gasteiger partial charge in [0.2, 0.25) is 0 Å². The fourth-order valence-electron chi connectivity index (χ4n) is 1.78. The van der Waals surface area contributed by atoms with E-state index in [1.807, 2.05) is 0 Å². The number of benzene rings is 1. The normalized spacial score (nSPS) is 13.9. The van der Waals surface area contributed by atoms with Gasteiger partial charge >= 0.3 is 12.3 Å². The summed E-state index contributed by atoms with van der Waals surface area (Å²) in [5, 5.41) is 18.3. The van der Waals surface area contributed by atoms with Crippen molar-refractivity contribution in [3.8, 4) is 0 Å². The molecule has 2 N–H and O–H groups in total. The summed E-state index contributed by atoms with van der Waals surface area (Å²) in [5.74, 6) is 0. The first-order valence-electron chi connectivity index (χ1n) is 5.82. The first-order valence-corrected chi connectivity index (χ1v) is 5.82. The van der Waals surface area contributed by atoms with Gasteiger partial charge in [-0.25, -0.2) is 4.79 Å². The van der Waals surface area contributed by atoms with Crippen molar-refractivity contribution in [2.45, 2.75) is 38.6 Å². The molecule has 1 amide bonds. The Morgan fingerprint density at radius 1 is 1.15 bits per heavy atom. The van der Waals surface area contributed by atoms with E-state index in [2.05, 4.69) is 0 Å². The molecule has 1 aromatic rings.